The van der Waals surface area contributed by atoms with Gasteiger partial charge in [0.2, 0.25) is 5.89 Å². The highest BCUT2D eigenvalue weighted by Gasteiger charge is 2.30. The summed E-state index contributed by atoms with van der Waals surface area (Å²) in [6, 6.07) is 11.1. The van der Waals surface area contributed by atoms with Crippen LogP contribution in [0.2, 0.25) is 0 Å². The number of carbonyl (C=O) groups excluding carboxylic acids is 1. The lowest BCUT2D eigenvalue weighted by molar-refractivity contribution is 0.116. The normalized spacial score (nSPS) is 17.8. The molecular formula is C27H30F3N5O4S. The molecule has 9 nitrogen and oxygen atoms in total. The van der Waals surface area contributed by atoms with E-state index in [9.17, 15) is 22.0 Å². The number of urea groups is 1. The number of anilines is 1. The number of aromatic nitrogens is 2. The van der Waals surface area contributed by atoms with E-state index in [1.54, 1.807) is 0 Å². The summed E-state index contributed by atoms with van der Waals surface area (Å²) in [6.45, 7) is 2.87. The van der Waals surface area contributed by atoms with Gasteiger partial charge in [-0.3, -0.25) is 9.80 Å². The second-order valence-corrected chi connectivity index (χ2v) is 12.4. The summed E-state index contributed by atoms with van der Waals surface area (Å²) < 4.78 is 69.6. The molecule has 5 rings (SSSR count). The van der Waals surface area contributed by atoms with Crippen molar-refractivity contribution in [2.75, 3.05) is 42.6 Å². The van der Waals surface area contributed by atoms with Crippen LogP contribution in [-0.2, 0) is 22.9 Å². The van der Waals surface area contributed by atoms with Crippen LogP contribution in [0.4, 0.5) is 23.7 Å². The average Bonchev–Trinajstić information content (AvgIpc) is 3.44. The van der Waals surface area contributed by atoms with Crippen molar-refractivity contribution >= 4 is 21.6 Å². The molecule has 1 aromatic heterocycles. The van der Waals surface area contributed by atoms with E-state index >= 15 is 4.39 Å². The van der Waals surface area contributed by atoms with E-state index in [1.165, 1.54) is 41.2 Å². The van der Waals surface area contributed by atoms with Crippen LogP contribution in [-0.4, -0.2) is 72.1 Å². The number of carbonyl (C=O) groups is 1. The predicted molar refractivity (Wildman–Crippen MR) is 142 cm³/mol. The lowest BCUT2D eigenvalue weighted by atomic mass is 10.1. The van der Waals surface area contributed by atoms with E-state index in [2.05, 4.69) is 15.1 Å². The zero-order valence-electron chi connectivity index (χ0n) is 21.8. The molecule has 2 amide bonds. The summed E-state index contributed by atoms with van der Waals surface area (Å²) in [6.07, 6.45) is 0.653. The molecule has 0 N–H and O–H groups in total. The molecule has 3 heterocycles. The number of amides is 2. The minimum Gasteiger partial charge on any atom is -0.415 e. The number of hydrogen-bond acceptors (Lipinski definition) is 7. The van der Waals surface area contributed by atoms with E-state index in [0.717, 1.165) is 31.3 Å². The van der Waals surface area contributed by atoms with Gasteiger partial charge in [-0.25, -0.2) is 17.6 Å². The Morgan fingerprint density at radius 2 is 1.68 bits per heavy atom. The molecule has 214 valence electrons. The molecule has 0 spiro atoms. The molecule has 2 saturated heterocycles. The number of benzene rings is 2. The lowest BCUT2D eigenvalue weighted by Gasteiger charge is -2.33. The van der Waals surface area contributed by atoms with E-state index < -0.39 is 34.0 Å². The van der Waals surface area contributed by atoms with Crippen molar-refractivity contribution in [2.24, 2.45) is 0 Å². The minimum absolute atomic E-state index is 0.0514. The van der Waals surface area contributed by atoms with E-state index in [0.29, 0.717) is 5.69 Å². The fourth-order valence-electron chi connectivity index (χ4n) is 4.92. The van der Waals surface area contributed by atoms with Crippen LogP contribution in [0, 0.1) is 5.82 Å². The van der Waals surface area contributed by atoms with Crippen molar-refractivity contribution in [3.05, 3.63) is 65.3 Å². The highest BCUT2D eigenvalue weighted by molar-refractivity contribution is 7.91. The fraction of sp³-hybridized carbons (Fsp3) is 0.444. The first-order valence-corrected chi connectivity index (χ1v) is 15.0. The van der Waals surface area contributed by atoms with Gasteiger partial charge in [-0.15, -0.1) is 10.2 Å². The van der Waals surface area contributed by atoms with Crippen LogP contribution < -0.4 is 4.90 Å². The maximum atomic E-state index is 15.2. The van der Waals surface area contributed by atoms with Crippen molar-refractivity contribution in [3.63, 3.8) is 0 Å². The molecule has 2 aromatic carbocycles. The first-order chi connectivity index (χ1) is 19.2. The van der Waals surface area contributed by atoms with E-state index in [4.69, 9.17) is 4.42 Å². The quantitative estimate of drug-likeness (QED) is 0.403. The minimum atomic E-state index is -3.20. The van der Waals surface area contributed by atoms with Crippen LogP contribution in [0.25, 0.3) is 11.5 Å². The largest absolute Gasteiger partial charge is 0.415 e. The number of piperidine rings is 1. The van der Waals surface area contributed by atoms with Crippen molar-refractivity contribution in [1.29, 1.82) is 0 Å². The van der Waals surface area contributed by atoms with Gasteiger partial charge in [0.1, 0.15) is 5.82 Å². The molecule has 3 aromatic rings. The SMILES string of the molecule is O=C(N1CCS(=O)(=O)CC1)N(Cc1ccc(-c2nnc(C(F)F)o2)cc1F)c1ccc(CN2CCCCC2)cc1. The fourth-order valence-corrected chi connectivity index (χ4v) is 6.12. The third kappa shape index (κ3) is 6.64. The molecule has 0 aliphatic carbocycles. The van der Waals surface area contributed by atoms with Crippen LogP contribution in [0.5, 0.6) is 0 Å². The molecular weight excluding hydrogens is 547 g/mol. The zero-order valence-corrected chi connectivity index (χ0v) is 22.6. The van der Waals surface area contributed by atoms with Gasteiger partial charge in [0.25, 0.3) is 5.89 Å². The van der Waals surface area contributed by atoms with Gasteiger partial charge in [-0.1, -0.05) is 24.6 Å². The molecule has 0 unspecified atom stereocenters. The highest BCUT2D eigenvalue weighted by atomic mass is 32.2. The van der Waals surface area contributed by atoms with E-state index in [1.807, 2.05) is 24.3 Å². The number of nitrogens with zero attached hydrogens (tertiary/aromatic N) is 5. The second-order valence-electron chi connectivity index (χ2n) is 10.1. The van der Waals surface area contributed by atoms with Gasteiger partial charge in [0.05, 0.1) is 18.1 Å². The van der Waals surface area contributed by atoms with Gasteiger partial charge in [-0.05, 0) is 55.8 Å². The van der Waals surface area contributed by atoms with Crippen molar-refractivity contribution in [3.8, 4) is 11.5 Å². The Labute approximate surface area is 230 Å². The Morgan fingerprint density at radius 3 is 2.30 bits per heavy atom. The summed E-state index contributed by atoms with van der Waals surface area (Å²) >= 11 is 0. The first kappa shape index (κ1) is 28.1. The Balaban J connectivity index is 1.38. The molecule has 0 saturated carbocycles. The van der Waals surface area contributed by atoms with Crippen molar-refractivity contribution in [1.82, 2.24) is 20.0 Å². The molecule has 0 atom stereocenters. The number of hydrogen-bond donors (Lipinski definition) is 0. The first-order valence-electron chi connectivity index (χ1n) is 13.2. The second kappa shape index (κ2) is 12.0. The summed E-state index contributed by atoms with van der Waals surface area (Å²) in [5, 5.41) is 6.82. The van der Waals surface area contributed by atoms with Crippen LogP contribution in [0.15, 0.2) is 46.9 Å². The maximum Gasteiger partial charge on any atom is 0.324 e. The number of rotatable bonds is 7. The molecule has 13 heteroatoms. The van der Waals surface area contributed by atoms with Gasteiger partial charge in [0.15, 0.2) is 9.84 Å². The summed E-state index contributed by atoms with van der Waals surface area (Å²) in [7, 11) is -3.20. The van der Waals surface area contributed by atoms with Gasteiger partial charge in [0, 0.05) is 36.4 Å². The highest BCUT2D eigenvalue weighted by Crippen LogP contribution is 2.27. The molecule has 0 radical (unpaired) electrons. The summed E-state index contributed by atoms with van der Waals surface area (Å²) in [5.41, 5.74) is 1.94. The molecule has 2 aliphatic heterocycles. The third-order valence-electron chi connectivity index (χ3n) is 7.20. The van der Waals surface area contributed by atoms with Gasteiger partial charge >= 0.3 is 12.5 Å². The average molecular weight is 578 g/mol. The molecule has 2 fully saturated rings. The van der Waals surface area contributed by atoms with Crippen molar-refractivity contribution in [2.45, 2.75) is 38.8 Å². The zero-order chi connectivity index (χ0) is 28.3. The smallest absolute Gasteiger partial charge is 0.324 e. The number of alkyl halides is 2. The van der Waals surface area contributed by atoms with Crippen molar-refractivity contribution < 1.29 is 30.8 Å². The molecule has 40 heavy (non-hydrogen) atoms. The number of halogens is 3. The summed E-state index contributed by atoms with van der Waals surface area (Å²) in [4.78, 5) is 18.9. The Bertz CT molecular complexity index is 1430. The predicted octanol–water partition coefficient (Wildman–Crippen LogP) is 4.66. The topological polar surface area (TPSA) is 99.9 Å². The summed E-state index contributed by atoms with van der Waals surface area (Å²) in [5.74, 6) is -2.05. The van der Waals surface area contributed by atoms with Crippen LogP contribution in [0.1, 0.15) is 42.7 Å². The Morgan fingerprint density at radius 1 is 0.975 bits per heavy atom. The Hall–Kier alpha value is -3.45. The monoisotopic (exact) mass is 577 g/mol. The maximum absolute atomic E-state index is 15.2. The van der Waals surface area contributed by atoms with Gasteiger partial charge < -0.3 is 9.32 Å². The number of sulfone groups is 1. The lowest BCUT2D eigenvalue weighted by Crippen LogP contribution is -2.49. The Kier molecular flexibility index (Phi) is 8.40. The van der Waals surface area contributed by atoms with Gasteiger partial charge in [-0.2, -0.15) is 8.78 Å². The van der Waals surface area contributed by atoms with E-state index in [-0.39, 0.29) is 48.2 Å². The third-order valence-corrected chi connectivity index (χ3v) is 8.81. The van der Waals surface area contributed by atoms with Crippen LogP contribution in [0.3, 0.4) is 0 Å². The molecule has 0 bridgehead atoms. The number of likely N-dealkylation sites (tertiary alicyclic amines) is 1. The van der Waals surface area contributed by atoms with Crippen LogP contribution >= 0.6 is 0 Å². The standard InChI is InChI=1S/C27H30F3N5O4S/c28-23-16-20(25-31-32-26(39-25)24(29)30)6-7-21(23)18-35(27(36)34-12-14-40(37,38)15-13-34)22-8-4-19(5-9-22)17-33-10-2-1-3-11-33/h4-9,16,24H,1-3,10-15,17-18H2. The molecule has 2 aliphatic rings.